The van der Waals surface area contributed by atoms with Crippen LogP contribution in [0, 0.1) is 0 Å². The number of nitrogens with zero attached hydrogens (tertiary/aromatic N) is 2. The topological polar surface area (TPSA) is 67.6 Å². The number of rotatable bonds is 7. The molecule has 0 saturated carbocycles. The molecule has 1 fully saturated rings. The molecule has 2 aromatic rings. The van der Waals surface area contributed by atoms with Crippen molar-refractivity contribution >= 4 is 17.5 Å². The van der Waals surface area contributed by atoms with Crippen LogP contribution < -0.4 is 5.32 Å². The quantitative estimate of drug-likeness (QED) is 0.751. The standard InChI is InChI=1S/C19H24ClN3O3/c1-25-10-8-21-19(24)18-11-17(22-26-18)15-3-2-9-23(13-15)12-14-4-6-16(20)7-5-14/h4-7,11,15H,2-3,8-10,12-13H2,1H3,(H,21,24)/t15-/m0/s1. The van der Waals surface area contributed by atoms with Gasteiger partial charge in [-0.3, -0.25) is 9.69 Å². The van der Waals surface area contributed by atoms with Gasteiger partial charge in [0.2, 0.25) is 5.76 Å². The molecule has 1 saturated heterocycles. The first-order valence-corrected chi connectivity index (χ1v) is 9.24. The number of benzene rings is 1. The number of piperidine rings is 1. The van der Waals surface area contributed by atoms with Gasteiger partial charge >= 0.3 is 0 Å². The molecule has 0 aliphatic carbocycles. The van der Waals surface area contributed by atoms with E-state index < -0.39 is 0 Å². The summed E-state index contributed by atoms with van der Waals surface area (Å²) in [6.45, 7) is 3.76. The summed E-state index contributed by atoms with van der Waals surface area (Å²) in [5.74, 6) is 0.279. The summed E-state index contributed by atoms with van der Waals surface area (Å²) in [5.41, 5.74) is 2.09. The van der Waals surface area contributed by atoms with Crippen LogP contribution in [0.2, 0.25) is 5.02 Å². The van der Waals surface area contributed by atoms with Crippen LogP contribution in [0.15, 0.2) is 34.9 Å². The maximum absolute atomic E-state index is 12.0. The molecule has 1 N–H and O–H groups in total. The minimum absolute atomic E-state index is 0.255. The number of hydrogen-bond acceptors (Lipinski definition) is 5. The van der Waals surface area contributed by atoms with Gasteiger partial charge in [-0.25, -0.2) is 0 Å². The van der Waals surface area contributed by atoms with E-state index in [1.807, 2.05) is 12.1 Å². The fourth-order valence-electron chi connectivity index (χ4n) is 3.23. The third-order valence-corrected chi connectivity index (χ3v) is 4.84. The number of amides is 1. The first-order chi connectivity index (χ1) is 12.7. The highest BCUT2D eigenvalue weighted by atomic mass is 35.5. The molecule has 1 aromatic carbocycles. The van der Waals surface area contributed by atoms with Gasteiger partial charge in [-0.1, -0.05) is 28.9 Å². The first-order valence-electron chi connectivity index (χ1n) is 8.86. The number of likely N-dealkylation sites (tertiary alicyclic amines) is 1. The van der Waals surface area contributed by atoms with Crippen molar-refractivity contribution < 1.29 is 14.1 Å². The zero-order valence-electron chi connectivity index (χ0n) is 14.9. The molecule has 26 heavy (non-hydrogen) atoms. The number of ether oxygens (including phenoxy) is 1. The van der Waals surface area contributed by atoms with Crippen LogP contribution in [0.5, 0.6) is 0 Å². The molecule has 0 radical (unpaired) electrons. The first kappa shape index (κ1) is 18.9. The predicted octanol–water partition coefficient (Wildman–Crippen LogP) is 3.08. The van der Waals surface area contributed by atoms with Crippen molar-refractivity contribution in [2.75, 3.05) is 33.4 Å². The summed E-state index contributed by atoms with van der Waals surface area (Å²) in [5, 5.41) is 7.63. The number of aromatic nitrogens is 1. The van der Waals surface area contributed by atoms with Crippen molar-refractivity contribution in [1.82, 2.24) is 15.4 Å². The van der Waals surface area contributed by atoms with Gasteiger partial charge in [-0.2, -0.15) is 0 Å². The van der Waals surface area contributed by atoms with E-state index in [0.717, 1.165) is 43.2 Å². The lowest BCUT2D eigenvalue weighted by molar-refractivity contribution is 0.0900. The highest BCUT2D eigenvalue weighted by Gasteiger charge is 2.25. The average Bonchev–Trinajstić information content (AvgIpc) is 3.14. The Labute approximate surface area is 158 Å². The number of methoxy groups -OCH3 is 1. The van der Waals surface area contributed by atoms with Gasteiger partial charge in [0.1, 0.15) is 0 Å². The Morgan fingerprint density at radius 1 is 1.42 bits per heavy atom. The second-order valence-corrected chi connectivity index (χ2v) is 7.00. The average molecular weight is 378 g/mol. The van der Waals surface area contributed by atoms with E-state index in [2.05, 4.69) is 27.5 Å². The summed E-state index contributed by atoms with van der Waals surface area (Å²) in [6.07, 6.45) is 2.15. The van der Waals surface area contributed by atoms with Crippen LogP contribution in [0.3, 0.4) is 0 Å². The predicted molar refractivity (Wildman–Crippen MR) is 99.4 cm³/mol. The molecular formula is C19H24ClN3O3. The largest absolute Gasteiger partial charge is 0.383 e. The van der Waals surface area contributed by atoms with Crippen LogP contribution in [0.25, 0.3) is 0 Å². The Balaban J connectivity index is 1.57. The molecule has 2 heterocycles. The summed E-state index contributed by atoms with van der Waals surface area (Å²) < 4.78 is 10.2. The lowest BCUT2D eigenvalue weighted by Gasteiger charge is -2.31. The van der Waals surface area contributed by atoms with Crippen LogP contribution in [0.1, 0.15) is 40.6 Å². The van der Waals surface area contributed by atoms with Crippen molar-refractivity contribution in [3.8, 4) is 0 Å². The lowest BCUT2D eigenvalue weighted by atomic mass is 9.94. The number of hydrogen-bond donors (Lipinski definition) is 1. The van der Waals surface area contributed by atoms with Crippen molar-refractivity contribution in [3.05, 3.63) is 52.4 Å². The van der Waals surface area contributed by atoms with Crippen LogP contribution in [-0.4, -0.2) is 49.3 Å². The Hall–Kier alpha value is -1.89. The molecule has 0 bridgehead atoms. The third kappa shape index (κ3) is 5.06. The molecule has 1 aromatic heterocycles. The highest BCUT2D eigenvalue weighted by Crippen LogP contribution is 2.27. The molecular weight excluding hydrogens is 354 g/mol. The fourth-order valence-corrected chi connectivity index (χ4v) is 3.36. The van der Waals surface area contributed by atoms with Crippen LogP contribution in [0.4, 0.5) is 0 Å². The van der Waals surface area contributed by atoms with E-state index in [0.29, 0.717) is 13.2 Å². The van der Waals surface area contributed by atoms with E-state index >= 15 is 0 Å². The van der Waals surface area contributed by atoms with Crippen LogP contribution in [-0.2, 0) is 11.3 Å². The lowest BCUT2D eigenvalue weighted by Crippen LogP contribution is -2.34. The molecule has 7 heteroatoms. The van der Waals surface area contributed by atoms with Gasteiger partial charge in [0.05, 0.1) is 12.3 Å². The Morgan fingerprint density at radius 3 is 3.00 bits per heavy atom. The van der Waals surface area contributed by atoms with Crippen LogP contribution >= 0.6 is 11.6 Å². The van der Waals surface area contributed by atoms with E-state index in [1.165, 1.54) is 5.56 Å². The molecule has 0 spiro atoms. The maximum atomic E-state index is 12.0. The smallest absolute Gasteiger partial charge is 0.289 e. The Kier molecular flexibility index (Phi) is 6.66. The SMILES string of the molecule is COCCNC(=O)c1cc([C@H]2CCCN(Cc3ccc(Cl)cc3)C2)no1. The Bertz CT molecular complexity index is 717. The number of halogens is 1. The second-order valence-electron chi connectivity index (χ2n) is 6.57. The molecule has 1 amide bonds. The summed E-state index contributed by atoms with van der Waals surface area (Å²) in [4.78, 5) is 14.4. The van der Waals surface area contributed by atoms with E-state index in [9.17, 15) is 4.79 Å². The second kappa shape index (κ2) is 9.16. The molecule has 1 aliphatic rings. The van der Waals surface area contributed by atoms with Crippen molar-refractivity contribution in [2.24, 2.45) is 0 Å². The normalized spacial score (nSPS) is 18.0. The van der Waals surface area contributed by atoms with Gasteiger partial charge < -0.3 is 14.6 Å². The van der Waals surface area contributed by atoms with Gasteiger partial charge in [-0.05, 0) is 37.1 Å². The highest BCUT2D eigenvalue weighted by molar-refractivity contribution is 6.30. The fraction of sp³-hybridized carbons (Fsp3) is 0.474. The molecule has 0 unspecified atom stereocenters. The molecule has 3 rings (SSSR count). The van der Waals surface area contributed by atoms with Crippen molar-refractivity contribution in [1.29, 1.82) is 0 Å². The number of nitrogens with one attached hydrogen (secondary N) is 1. The summed E-state index contributed by atoms with van der Waals surface area (Å²) >= 11 is 5.95. The minimum Gasteiger partial charge on any atom is -0.383 e. The van der Waals surface area contributed by atoms with E-state index in [1.54, 1.807) is 13.2 Å². The van der Waals surface area contributed by atoms with Gasteiger partial charge in [-0.15, -0.1) is 0 Å². The minimum atomic E-state index is -0.255. The third-order valence-electron chi connectivity index (χ3n) is 4.59. The van der Waals surface area contributed by atoms with Gasteiger partial charge in [0.25, 0.3) is 5.91 Å². The van der Waals surface area contributed by atoms with E-state index in [-0.39, 0.29) is 17.6 Å². The van der Waals surface area contributed by atoms with E-state index in [4.69, 9.17) is 20.9 Å². The molecule has 140 valence electrons. The van der Waals surface area contributed by atoms with Gasteiger partial charge in [0.15, 0.2) is 0 Å². The molecule has 6 nitrogen and oxygen atoms in total. The summed E-state index contributed by atoms with van der Waals surface area (Å²) in [7, 11) is 1.59. The maximum Gasteiger partial charge on any atom is 0.289 e. The summed E-state index contributed by atoms with van der Waals surface area (Å²) in [6, 6.07) is 9.72. The van der Waals surface area contributed by atoms with Crippen molar-refractivity contribution in [3.63, 3.8) is 0 Å². The Morgan fingerprint density at radius 2 is 2.23 bits per heavy atom. The number of carbonyl (C=O) groups is 1. The zero-order valence-corrected chi connectivity index (χ0v) is 15.7. The van der Waals surface area contributed by atoms with Gasteiger partial charge in [0, 0.05) is 43.8 Å². The van der Waals surface area contributed by atoms with Crippen molar-refractivity contribution in [2.45, 2.75) is 25.3 Å². The number of carbonyl (C=O) groups excluding carboxylic acids is 1. The molecule has 1 aliphatic heterocycles. The monoisotopic (exact) mass is 377 g/mol. The zero-order chi connectivity index (χ0) is 18.4. The molecule has 1 atom stereocenters.